The van der Waals surface area contributed by atoms with Gasteiger partial charge in [0.2, 0.25) is 0 Å². The van der Waals surface area contributed by atoms with E-state index in [2.05, 4.69) is 11.9 Å². The average Bonchev–Trinajstić information content (AvgIpc) is 3.13. The fourth-order valence-corrected chi connectivity index (χ4v) is 3.63. The van der Waals surface area contributed by atoms with E-state index in [-0.39, 0.29) is 18.2 Å². The molecular weight excluding hydrogens is 376 g/mol. The molecule has 0 unspecified atom stereocenters. The highest BCUT2D eigenvalue weighted by atomic mass is 32.1. The van der Waals surface area contributed by atoms with Crippen LogP contribution in [-0.4, -0.2) is 28.2 Å². The minimum atomic E-state index is -0.438. The van der Waals surface area contributed by atoms with Crippen LogP contribution in [0.25, 0.3) is 21.3 Å². The zero-order valence-electron chi connectivity index (χ0n) is 16.3. The lowest BCUT2D eigenvalue weighted by molar-refractivity contribution is -0.149. The van der Waals surface area contributed by atoms with Crippen molar-refractivity contribution in [1.29, 1.82) is 0 Å². The number of carbonyl (C=O) groups is 1. The number of thiophene rings is 1. The molecule has 28 heavy (non-hydrogen) atoms. The van der Waals surface area contributed by atoms with E-state index in [0.29, 0.717) is 16.8 Å². The van der Waals surface area contributed by atoms with Crippen LogP contribution in [0.4, 0.5) is 0 Å². The van der Waals surface area contributed by atoms with Crippen molar-refractivity contribution < 1.29 is 14.3 Å². The molecule has 2 heterocycles. The SMILES string of the molecule is CCCOc1ccc(-c2csc3ncn(CC(=O)O[C@@H](C)CC)c(=O)c23)cc1. The number of fused-ring (bicyclic) bond motifs is 1. The zero-order valence-corrected chi connectivity index (χ0v) is 17.1. The number of nitrogens with zero attached hydrogens (tertiary/aromatic N) is 2. The quantitative estimate of drug-likeness (QED) is 0.529. The van der Waals surface area contributed by atoms with Gasteiger partial charge >= 0.3 is 5.97 Å². The highest BCUT2D eigenvalue weighted by molar-refractivity contribution is 7.17. The van der Waals surface area contributed by atoms with Crippen molar-refractivity contribution in [1.82, 2.24) is 9.55 Å². The van der Waals surface area contributed by atoms with E-state index in [1.165, 1.54) is 22.2 Å². The van der Waals surface area contributed by atoms with Crippen LogP contribution >= 0.6 is 11.3 Å². The van der Waals surface area contributed by atoms with Crippen LogP contribution in [-0.2, 0) is 16.1 Å². The molecule has 1 aromatic carbocycles. The second-order valence-electron chi connectivity index (χ2n) is 6.59. The molecule has 0 saturated carbocycles. The highest BCUT2D eigenvalue weighted by Gasteiger charge is 2.16. The van der Waals surface area contributed by atoms with E-state index in [4.69, 9.17) is 9.47 Å². The van der Waals surface area contributed by atoms with E-state index in [0.717, 1.165) is 29.7 Å². The number of rotatable bonds is 8. The van der Waals surface area contributed by atoms with Gasteiger partial charge in [0.05, 0.1) is 24.4 Å². The molecule has 0 N–H and O–H groups in total. The summed E-state index contributed by atoms with van der Waals surface area (Å²) in [6, 6.07) is 7.65. The molecule has 3 rings (SSSR count). The number of aromatic nitrogens is 2. The van der Waals surface area contributed by atoms with Crippen LogP contribution in [0.5, 0.6) is 5.75 Å². The number of ether oxygens (including phenoxy) is 2. The van der Waals surface area contributed by atoms with E-state index >= 15 is 0 Å². The first-order valence-corrected chi connectivity index (χ1v) is 10.3. The fraction of sp³-hybridized carbons (Fsp3) is 0.381. The lowest BCUT2D eigenvalue weighted by Gasteiger charge is -2.11. The van der Waals surface area contributed by atoms with Crippen molar-refractivity contribution in [3.63, 3.8) is 0 Å². The Morgan fingerprint density at radius 2 is 2.00 bits per heavy atom. The highest BCUT2D eigenvalue weighted by Crippen LogP contribution is 2.31. The summed E-state index contributed by atoms with van der Waals surface area (Å²) in [5.41, 5.74) is 1.48. The summed E-state index contributed by atoms with van der Waals surface area (Å²) in [5.74, 6) is 0.361. The van der Waals surface area contributed by atoms with Crippen LogP contribution in [0.15, 0.2) is 40.8 Å². The van der Waals surface area contributed by atoms with Gasteiger partial charge in [0.15, 0.2) is 0 Å². The zero-order chi connectivity index (χ0) is 20.1. The van der Waals surface area contributed by atoms with Crippen molar-refractivity contribution in [3.8, 4) is 16.9 Å². The Morgan fingerprint density at radius 1 is 1.25 bits per heavy atom. The van der Waals surface area contributed by atoms with E-state index in [1.54, 1.807) is 0 Å². The molecule has 2 aromatic heterocycles. The molecule has 1 atom stereocenters. The topological polar surface area (TPSA) is 70.4 Å². The third-order valence-corrected chi connectivity index (χ3v) is 5.29. The van der Waals surface area contributed by atoms with Gasteiger partial charge in [0.1, 0.15) is 17.1 Å². The van der Waals surface area contributed by atoms with Gasteiger partial charge in [0, 0.05) is 10.9 Å². The summed E-state index contributed by atoms with van der Waals surface area (Å²) in [5, 5.41) is 2.44. The van der Waals surface area contributed by atoms with Gasteiger partial charge in [0.25, 0.3) is 5.56 Å². The van der Waals surface area contributed by atoms with Gasteiger partial charge in [-0.25, -0.2) is 4.98 Å². The second-order valence-corrected chi connectivity index (χ2v) is 7.45. The smallest absolute Gasteiger partial charge is 0.326 e. The number of esters is 1. The lowest BCUT2D eigenvalue weighted by Crippen LogP contribution is -2.27. The molecule has 0 aliphatic heterocycles. The Kier molecular flexibility index (Phi) is 6.46. The monoisotopic (exact) mass is 400 g/mol. The summed E-state index contributed by atoms with van der Waals surface area (Å²) in [7, 11) is 0. The maximum atomic E-state index is 13.0. The Bertz CT molecular complexity index is 1010. The van der Waals surface area contributed by atoms with Crippen molar-refractivity contribution in [3.05, 3.63) is 46.3 Å². The van der Waals surface area contributed by atoms with Crippen LogP contribution in [0.2, 0.25) is 0 Å². The molecular formula is C21H24N2O4S. The van der Waals surface area contributed by atoms with Gasteiger partial charge in [-0.1, -0.05) is 26.0 Å². The van der Waals surface area contributed by atoms with Crippen LogP contribution < -0.4 is 10.3 Å². The van der Waals surface area contributed by atoms with Crippen molar-refractivity contribution in [2.45, 2.75) is 46.3 Å². The normalized spacial score (nSPS) is 12.1. The maximum absolute atomic E-state index is 13.0. The summed E-state index contributed by atoms with van der Waals surface area (Å²) >= 11 is 1.41. The molecule has 0 bridgehead atoms. The molecule has 148 valence electrons. The van der Waals surface area contributed by atoms with Gasteiger partial charge in [-0.15, -0.1) is 11.3 Å². The van der Waals surface area contributed by atoms with E-state index in [1.807, 2.05) is 43.5 Å². The molecule has 0 amide bonds. The molecule has 6 nitrogen and oxygen atoms in total. The molecule has 0 spiro atoms. The Morgan fingerprint density at radius 3 is 2.68 bits per heavy atom. The first kappa shape index (κ1) is 20.1. The van der Waals surface area contributed by atoms with Gasteiger partial charge in [-0.3, -0.25) is 14.2 Å². The number of carbonyl (C=O) groups excluding carboxylic acids is 1. The molecule has 0 radical (unpaired) electrons. The van der Waals surface area contributed by atoms with Gasteiger partial charge in [-0.2, -0.15) is 0 Å². The standard InChI is InChI=1S/C21H24N2O4S/c1-4-10-26-16-8-6-15(7-9-16)17-12-28-20-19(17)21(25)23(13-22-20)11-18(24)27-14(3)5-2/h6-9,12-14H,4-5,10-11H2,1-3H3/t14-/m0/s1. The largest absolute Gasteiger partial charge is 0.494 e. The summed E-state index contributed by atoms with van der Waals surface area (Å²) in [6.07, 6.45) is 2.90. The summed E-state index contributed by atoms with van der Waals surface area (Å²) in [4.78, 5) is 30.0. The van der Waals surface area contributed by atoms with E-state index in [9.17, 15) is 9.59 Å². The summed E-state index contributed by atoms with van der Waals surface area (Å²) in [6.45, 7) is 6.34. The first-order valence-electron chi connectivity index (χ1n) is 9.42. The van der Waals surface area contributed by atoms with Crippen molar-refractivity contribution in [2.24, 2.45) is 0 Å². The molecule has 0 saturated heterocycles. The fourth-order valence-electron chi connectivity index (χ4n) is 2.73. The number of hydrogen-bond acceptors (Lipinski definition) is 6. The van der Waals surface area contributed by atoms with Gasteiger partial charge < -0.3 is 9.47 Å². The summed E-state index contributed by atoms with van der Waals surface area (Å²) < 4.78 is 12.2. The molecule has 0 fully saturated rings. The minimum Gasteiger partial charge on any atom is -0.494 e. The van der Waals surface area contributed by atoms with Crippen LogP contribution in [0, 0.1) is 0 Å². The second kappa shape index (κ2) is 9.01. The lowest BCUT2D eigenvalue weighted by atomic mass is 10.1. The molecule has 0 aliphatic rings. The Hall–Kier alpha value is -2.67. The Labute approximate surface area is 167 Å². The molecule has 0 aliphatic carbocycles. The number of benzene rings is 1. The predicted molar refractivity (Wildman–Crippen MR) is 111 cm³/mol. The Balaban J connectivity index is 1.90. The van der Waals surface area contributed by atoms with Crippen molar-refractivity contribution >= 4 is 27.5 Å². The van der Waals surface area contributed by atoms with E-state index < -0.39 is 5.97 Å². The molecule has 3 aromatic rings. The first-order chi connectivity index (χ1) is 13.5. The number of hydrogen-bond donors (Lipinski definition) is 0. The van der Waals surface area contributed by atoms with Crippen molar-refractivity contribution in [2.75, 3.05) is 6.61 Å². The third kappa shape index (κ3) is 4.42. The van der Waals surface area contributed by atoms with Gasteiger partial charge in [-0.05, 0) is 37.5 Å². The van der Waals surface area contributed by atoms with Crippen LogP contribution in [0.3, 0.4) is 0 Å². The minimum absolute atomic E-state index is 0.148. The molecule has 7 heteroatoms. The maximum Gasteiger partial charge on any atom is 0.326 e. The average molecular weight is 401 g/mol. The van der Waals surface area contributed by atoms with Crippen LogP contribution in [0.1, 0.15) is 33.6 Å². The predicted octanol–water partition coefficient (Wildman–Crippen LogP) is 4.26. The third-order valence-electron chi connectivity index (χ3n) is 4.41.